The lowest BCUT2D eigenvalue weighted by atomic mass is 10.1. The van der Waals surface area contributed by atoms with E-state index in [0.29, 0.717) is 6.54 Å². The number of nitrogens with two attached hydrogens (primary N) is 1. The van der Waals surface area contributed by atoms with Gasteiger partial charge in [-0.25, -0.2) is 0 Å². The summed E-state index contributed by atoms with van der Waals surface area (Å²) in [5, 5.41) is 1.65. The summed E-state index contributed by atoms with van der Waals surface area (Å²) in [6, 6.07) is 7.87. The lowest BCUT2D eigenvalue weighted by molar-refractivity contribution is 1.07. The van der Waals surface area contributed by atoms with Gasteiger partial charge in [0, 0.05) is 11.9 Å². The Bertz CT molecular complexity index is 232. The topological polar surface area (TPSA) is 26.0 Å². The Morgan fingerprint density at radius 2 is 2.10 bits per heavy atom. The number of rotatable bonds is 2. The highest BCUT2D eigenvalue weighted by atomic mass is 32.1. The fourth-order valence-corrected chi connectivity index (χ4v) is 1.07. The summed E-state index contributed by atoms with van der Waals surface area (Å²) >= 11 is 4.79. The van der Waals surface area contributed by atoms with Crippen molar-refractivity contribution in [1.29, 1.82) is 0 Å². The van der Waals surface area contributed by atoms with E-state index in [1.54, 1.807) is 5.37 Å². The number of hydrogen-bond donors (Lipinski definition) is 1. The molecular weight excluding hydrogens is 142 g/mol. The molecule has 0 aliphatic heterocycles. The summed E-state index contributed by atoms with van der Waals surface area (Å²) in [6.45, 7) is 0.559. The second-order valence-corrected chi connectivity index (χ2v) is 2.26. The van der Waals surface area contributed by atoms with Crippen molar-refractivity contribution in [3.8, 4) is 0 Å². The third-order valence-corrected chi connectivity index (χ3v) is 1.66. The molecule has 0 heterocycles. The molecule has 2 N–H and O–H groups in total. The Balaban J connectivity index is 3.08. The first-order valence-electron chi connectivity index (χ1n) is 3.11. The van der Waals surface area contributed by atoms with Crippen molar-refractivity contribution >= 4 is 17.6 Å². The van der Waals surface area contributed by atoms with Crippen LogP contribution in [0.3, 0.4) is 0 Å². The second-order valence-electron chi connectivity index (χ2n) is 2.02. The van der Waals surface area contributed by atoms with Crippen LogP contribution in [0.5, 0.6) is 0 Å². The molecule has 0 amide bonds. The molecule has 2 heteroatoms. The molecule has 0 atom stereocenters. The van der Waals surface area contributed by atoms with Gasteiger partial charge in [-0.2, -0.15) is 0 Å². The first-order chi connectivity index (χ1) is 4.88. The first kappa shape index (κ1) is 7.38. The van der Waals surface area contributed by atoms with Crippen molar-refractivity contribution in [2.75, 3.05) is 0 Å². The van der Waals surface area contributed by atoms with Gasteiger partial charge in [-0.3, -0.25) is 0 Å². The minimum absolute atomic E-state index is 0.559. The molecule has 0 fully saturated rings. The molecule has 52 valence electrons. The molecule has 0 aromatic heterocycles. The number of hydrogen-bond acceptors (Lipinski definition) is 2. The summed E-state index contributed by atoms with van der Waals surface area (Å²) in [5.41, 5.74) is 7.62. The maximum absolute atomic E-state index is 5.46. The SMILES string of the molecule is NCc1ccccc1C=S. The fraction of sp³-hybridized carbons (Fsp3) is 0.125. The Kier molecular flexibility index (Phi) is 2.54. The molecule has 0 radical (unpaired) electrons. The lowest BCUT2D eigenvalue weighted by Crippen LogP contribution is -1.99. The van der Waals surface area contributed by atoms with Gasteiger partial charge in [0.25, 0.3) is 0 Å². The van der Waals surface area contributed by atoms with Crippen molar-refractivity contribution in [2.45, 2.75) is 6.54 Å². The zero-order valence-electron chi connectivity index (χ0n) is 5.58. The fourth-order valence-electron chi connectivity index (χ4n) is 0.835. The normalized spacial score (nSPS) is 9.30. The van der Waals surface area contributed by atoms with E-state index >= 15 is 0 Å². The van der Waals surface area contributed by atoms with E-state index in [1.807, 2.05) is 24.3 Å². The van der Waals surface area contributed by atoms with Crippen LogP contribution in [0, 0.1) is 0 Å². The second kappa shape index (κ2) is 3.44. The molecule has 0 unspecified atom stereocenters. The van der Waals surface area contributed by atoms with Crippen LogP contribution in [0.2, 0.25) is 0 Å². The van der Waals surface area contributed by atoms with Crippen LogP contribution in [-0.2, 0) is 6.54 Å². The van der Waals surface area contributed by atoms with Crippen molar-refractivity contribution in [1.82, 2.24) is 0 Å². The van der Waals surface area contributed by atoms with Gasteiger partial charge in [0.2, 0.25) is 0 Å². The average molecular weight is 151 g/mol. The third kappa shape index (κ3) is 1.40. The van der Waals surface area contributed by atoms with E-state index in [4.69, 9.17) is 18.0 Å². The maximum atomic E-state index is 5.46. The van der Waals surface area contributed by atoms with Gasteiger partial charge in [0.15, 0.2) is 0 Å². The number of benzene rings is 1. The van der Waals surface area contributed by atoms with Crippen LogP contribution in [0.15, 0.2) is 24.3 Å². The third-order valence-electron chi connectivity index (χ3n) is 1.40. The number of thiocarbonyl (C=S) groups is 1. The van der Waals surface area contributed by atoms with Crippen molar-refractivity contribution < 1.29 is 0 Å². The summed E-state index contributed by atoms with van der Waals surface area (Å²) in [6.07, 6.45) is 0. The van der Waals surface area contributed by atoms with Crippen LogP contribution in [0.4, 0.5) is 0 Å². The van der Waals surface area contributed by atoms with Crippen molar-refractivity contribution in [2.24, 2.45) is 5.73 Å². The van der Waals surface area contributed by atoms with E-state index in [1.165, 1.54) is 0 Å². The van der Waals surface area contributed by atoms with E-state index in [2.05, 4.69) is 0 Å². The van der Waals surface area contributed by atoms with E-state index < -0.39 is 0 Å². The van der Waals surface area contributed by atoms with Crippen LogP contribution in [0.1, 0.15) is 11.1 Å². The maximum Gasteiger partial charge on any atom is 0.0184 e. The Hall–Kier alpha value is -0.730. The van der Waals surface area contributed by atoms with Gasteiger partial charge in [-0.1, -0.05) is 36.5 Å². The summed E-state index contributed by atoms with van der Waals surface area (Å²) < 4.78 is 0. The molecule has 10 heavy (non-hydrogen) atoms. The molecular formula is C8H9NS. The molecule has 0 saturated carbocycles. The van der Waals surface area contributed by atoms with Crippen LogP contribution in [-0.4, -0.2) is 5.37 Å². The molecule has 0 aliphatic rings. The lowest BCUT2D eigenvalue weighted by Gasteiger charge is -1.98. The van der Waals surface area contributed by atoms with Gasteiger partial charge < -0.3 is 5.73 Å². The summed E-state index contributed by atoms with van der Waals surface area (Å²) in [4.78, 5) is 0. The predicted octanol–water partition coefficient (Wildman–Crippen LogP) is 1.49. The minimum Gasteiger partial charge on any atom is -0.326 e. The van der Waals surface area contributed by atoms with E-state index in [9.17, 15) is 0 Å². The van der Waals surface area contributed by atoms with E-state index in [-0.39, 0.29) is 0 Å². The minimum atomic E-state index is 0.559. The van der Waals surface area contributed by atoms with Gasteiger partial charge in [0.05, 0.1) is 0 Å². The van der Waals surface area contributed by atoms with Crippen LogP contribution in [0.25, 0.3) is 0 Å². The van der Waals surface area contributed by atoms with Gasteiger partial charge in [-0.15, -0.1) is 0 Å². The molecule has 0 saturated heterocycles. The summed E-state index contributed by atoms with van der Waals surface area (Å²) in [7, 11) is 0. The largest absolute Gasteiger partial charge is 0.326 e. The first-order valence-corrected chi connectivity index (χ1v) is 3.58. The highest BCUT2D eigenvalue weighted by molar-refractivity contribution is 7.79. The predicted molar refractivity (Wildman–Crippen MR) is 47.1 cm³/mol. The highest BCUT2D eigenvalue weighted by Gasteiger charge is 1.92. The molecule has 1 rings (SSSR count). The van der Waals surface area contributed by atoms with Gasteiger partial charge in [0.1, 0.15) is 0 Å². The van der Waals surface area contributed by atoms with Gasteiger partial charge >= 0.3 is 0 Å². The zero-order valence-corrected chi connectivity index (χ0v) is 6.40. The smallest absolute Gasteiger partial charge is 0.0184 e. The van der Waals surface area contributed by atoms with Crippen molar-refractivity contribution in [3.63, 3.8) is 0 Å². The molecule has 1 aromatic rings. The monoisotopic (exact) mass is 151 g/mol. The average Bonchev–Trinajstić information content (AvgIpc) is 2.04. The van der Waals surface area contributed by atoms with Crippen LogP contribution >= 0.6 is 12.2 Å². The Morgan fingerprint density at radius 1 is 1.40 bits per heavy atom. The molecule has 0 aliphatic carbocycles. The Morgan fingerprint density at radius 3 is 2.60 bits per heavy atom. The quantitative estimate of drug-likeness (QED) is 0.648. The molecule has 0 spiro atoms. The molecule has 0 bridgehead atoms. The zero-order chi connectivity index (χ0) is 7.40. The molecule has 1 aromatic carbocycles. The van der Waals surface area contributed by atoms with Gasteiger partial charge in [-0.05, 0) is 11.1 Å². The van der Waals surface area contributed by atoms with E-state index in [0.717, 1.165) is 11.1 Å². The Labute approximate surface area is 65.9 Å². The van der Waals surface area contributed by atoms with Crippen molar-refractivity contribution in [3.05, 3.63) is 35.4 Å². The van der Waals surface area contributed by atoms with Crippen LogP contribution < -0.4 is 5.73 Å². The standard InChI is InChI=1S/C8H9NS/c9-5-7-3-1-2-4-8(7)6-10/h1-4,6H,5,9H2. The molecule has 1 nitrogen and oxygen atoms in total. The summed E-state index contributed by atoms with van der Waals surface area (Å²) in [5.74, 6) is 0. The highest BCUT2D eigenvalue weighted by Crippen LogP contribution is 2.04.